The van der Waals surface area contributed by atoms with Crippen LogP contribution in [0.2, 0.25) is 0 Å². The van der Waals surface area contributed by atoms with E-state index in [1.54, 1.807) is 6.20 Å². The van der Waals surface area contributed by atoms with Gasteiger partial charge in [-0.1, -0.05) is 19.1 Å². The molecule has 1 atom stereocenters. The predicted molar refractivity (Wildman–Crippen MR) is 139 cm³/mol. The Morgan fingerprint density at radius 3 is 2.43 bits per heavy atom. The van der Waals surface area contributed by atoms with Crippen molar-refractivity contribution in [3.63, 3.8) is 0 Å². The molecular weight excluding hydrogens is 440 g/mol. The summed E-state index contributed by atoms with van der Waals surface area (Å²) in [5.41, 5.74) is 4.70. The molecule has 35 heavy (non-hydrogen) atoms. The fraction of sp³-hybridized carbons (Fsp3) is 0.370. The Morgan fingerprint density at radius 1 is 1.00 bits per heavy atom. The van der Waals surface area contributed by atoms with Gasteiger partial charge in [-0.25, -0.2) is 9.97 Å². The van der Waals surface area contributed by atoms with Crippen molar-refractivity contribution in [1.82, 2.24) is 14.9 Å². The van der Waals surface area contributed by atoms with Crippen LogP contribution < -0.4 is 15.5 Å². The summed E-state index contributed by atoms with van der Waals surface area (Å²) in [7, 11) is 0. The van der Waals surface area contributed by atoms with Gasteiger partial charge >= 0.3 is 0 Å². The molecule has 8 nitrogen and oxygen atoms in total. The number of piperazine rings is 1. The van der Waals surface area contributed by atoms with E-state index in [9.17, 15) is 4.79 Å². The molecule has 1 amide bonds. The van der Waals surface area contributed by atoms with Gasteiger partial charge in [0.25, 0.3) is 5.91 Å². The number of hydrogen-bond acceptors (Lipinski definition) is 7. The van der Waals surface area contributed by atoms with Gasteiger partial charge in [-0.3, -0.25) is 4.79 Å². The van der Waals surface area contributed by atoms with E-state index in [1.807, 2.05) is 30.3 Å². The van der Waals surface area contributed by atoms with Crippen LogP contribution in [0.3, 0.4) is 0 Å². The summed E-state index contributed by atoms with van der Waals surface area (Å²) in [4.78, 5) is 26.2. The van der Waals surface area contributed by atoms with E-state index < -0.39 is 0 Å². The molecule has 182 valence electrons. The lowest BCUT2D eigenvalue weighted by Crippen LogP contribution is -2.46. The maximum atomic E-state index is 12.3. The predicted octanol–water partition coefficient (Wildman–Crippen LogP) is 4.15. The van der Waals surface area contributed by atoms with Crippen LogP contribution in [-0.4, -0.2) is 66.2 Å². The first-order valence-corrected chi connectivity index (χ1v) is 12.4. The van der Waals surface area contributed by atoms with Gasteiger partial charge in [-0.05, 0) is 61.9 Å². The number of carbonyl (C=O) groups is 1. The van der Waals surface area contributed by atoms with Gasteiger partial charge in [0.05, 0.1) is 5.69 Å². The molecule has 3 heterocycles. The largest absolute Gasteiger partial charge is 0.369 e. The molecule has 8 heteroatoms. The van der Waals surface area contributed by atoms with E-state index in [1.165, 1.54) is 5.69 Å². The van der Waals surface area contributed by atoms with E-state index >= 15 is 0 Å². The Hall–Kier alpha value is -3.49. The van der Waals surface area contributed by atoms with Crippen molar-refractivity contribution in [2.24, 2.45) is 0 Å². The minimum Gasteiger partial charge on any atom is -0.369 e. The lowest BCUT2D eigenvalue weighted by molar-refractivity contribution is -0.124. The van der Waals surface area contributed by atoms with Crippen LogP contribution in [0.25, 0.3) is 11.3 Å². The van der Waals surface area contributed by atoms with Crippen LogP contribution in [-0.2, 0) is 9.53 Å². The molecule has 0 unspecified atom stereocenters. The number of amides is 1. The van der Waals surface area contributed by atoms with Crippen LogP contribution in [0.15, 0.2) is 60.8 Å². The molecule has 0 saturated carbocycles. The van der Waals surface area contributed by atoms with Gasteiger partial charge in [0.2, 0.25) is 5.95 Å². The number of rotatable bonds is 7. The zero-order chi connectivity index (χ0) is 24.0. The van der Waals surface area contributed by atoms with E-state index in [2.05, 4.69) is 61.6 Å². The first-order valence-electron chi connectivity index (χ1n) is 12.4. The first kappa shape index (κ1) is 23.3. The van der Waals surface area contributed by atoms with Crippen LogP contribution in [0.1, 0.15) is 19.8 Å². The summed E-state index contributed by atoms with van der Waals surface area (Å²) in [6.07, 6.45) is 3.12. The summed E-state index contributed by atoms with van der Waals surface area (Å²) < 4.78 is 5.45. The van der Waals surface area contributed by atoms with E-state index in [0.29, 0.717) is 12.6 Å². The van der Waals surface area contributed by atoms with Crippen molar-refractivity contribution in [2.45, 2.75) is 25.9 Å². The van der Waals surface area contributed by atoms with Crippen molar-refractivity contribution in [1.29, 1.82) is 0 Å². The molecule has 0 spiro atoms. The molecule has 0 radical (unpaired) electrons. The standard InChI is InChI=1S/C27H32N6O2/c1-2-32-15-17-33(18-16-32)23-11-9-22(10-12-23)30-27-28-14-13-24(31-27)20-5-7-21(8-6-20)29-26(34)25-4-3-19-35-25/h5-14,25H,2-4,15-19H2,1H3,(H,29,34)(H,28,30,31)/t25-/m1/s1. The Balaban J connectivity index is 1.20. The van der Waals surface area contributed by atoms with E-state index in [0.717, 1.165) is 68.2 Å². The van der Waals surface area contributed by atoms with E-state index in [4.69, 9.17) is 4.74 Å². The second-order valence-electron chi connectivity index (χ2n) is 8.93. The monoisotopic (exact) mass is 472 g/mol. The summed E-state index contributed by atoms with van der Waals surface area (Å²) in [5, 5.41) is 6.23. The maximum Gasteiger partial charge on any atom is 0.253 e. The smallest absolute Gasteiger partial charge is 0.253 e. The van der Waals surface area contributed by atoms with Gasteiger partial charge in [0.15, 0.2) is 0 Å². The summed E-state index contributed by atoms with van der Waals surface area (Å²) in [6.45, 7) is 8.33. The van der Waals surface area contributed by atoms with Crippen molar-refractivity contribution in [2.75, 3.05) is 54.9 Å². The molecule has 3 aromatic rings. The SMILES string of the molecule is CCN1CCN(c2ccc(Nc3nccc(-c4ccc(NC(=O)[C@H]5CCCO5)cc4)n3)cc2)CC1. The molecule has 2 aliphatic rings. The molecule has 5 rings (SSSR count). The second kappa shape index (κ2) is 10.8. The van der Waals surface area contributed by atoms with Crippen LogP contribution in [0.5, 0.6) is 0 Å². The van der Waals surface area contributed by atoms with Crippen LogP contribution in [0, 0.1) is 0 Å². The molecule has 2 N–H and O–H groups in total. The third-order valence-corrected chi connectivity index (χ3v) is 6.63. The average Bonchev–Trinajstić information content (AvgIpc) is 3.45. The normalized spacial score (nSPS) is 18.4. The number of benzene rings is 2. The molecule has 0 aliphatic carbocycles. The minimum absolute atomic E-state index is 0.0852. The second-order valence-corrected chi connectivity index (χ2v) is 8.93. The lowest BCUT2D eigenvalue weighted by Gasteiger charge is -2.35. The molecule has 1 aromatic heterocycles. The van der Waals surface area contributed by atoms with Gasteiger partial charge < -0.3 is 25.2 Å². The highest BCUT2D eigenvalue weighted by molar-refractivity contribution is 5.94. The minimum atomic E-state index is -0.342. The van der Waals surface area contributed by atoms with Crippen molar-refractivity contribution >= 4 is 28.9 Å². The average molecular weight is 473 g/mol. The van der Waals surface area contributed by atoms with Gasteiger partial charge in [0, 0.05) is 61.6 Å². The molecule has 2 fully saturated rings. The number of anilines is 4. The summed E-state index contributed by atoms with van der Waals surface area (Å²) >= 11 is 0. The Bertz CT molecular complexity index is 1120. The molecule has 2 aromatic carbocycles. The first-order chi connectivity index (χ1) is 17.2. The number of nitrogens with zero attached hydrogens (tertiary/aromatic N) is 4. The Kier molecular flexibility index (Phi) is 7.20. The highest BCUT2D eigenvalue weighted by Gasteiger charge is 2.23. The molecule has 2 saturated heterocycles. The number of aromatic nitrogens is 2. The molecule has 0 bridgehead atoms. The topological polar surface area (TPSA) is 82.6 Å². The van der Waals surface area contributed by atoms with Crippen molar-refractivity contribution in [3.8, 4) is 11.3 Å². The van der Waals surface area contributed by atoms with E-state index in [-0.39, 0.29) is 12.0 Å². The number of nitrogens with one attached hydrogen (secondary N) is 2. The zero-order valence-electron chi connectivity index (χ0n) is 20.1. The number of likely N-dealkylation sites (N-methyl/N-ethyl adjacent to an activating group) is 1. The Labute approximate surface area is 206 Å². The van der Waals surface area contributed by atoms with Crippen molar-refractivity contribution < 1.29 is 9.53 Å². The summed E-state index contributed by atoms with van der Waals surface area (Å²) in [6, 6.07) is 18.0. The zero-order valence-corrected chi connectivity index (χ0v) is 20.1. The molecular formula is C27H32N6O2. The fourth-order valence-electron chi connectivity index (χ4n) is 4.52. The van der Waals surface area contributed by atoms with Crippen molar-refractivity contribution in [3.05, 3.63) is 60.8 Å². The molecule has 2 aliphatic heterocycles. The quantitative estimate of drug-likeness (QED) is 0.535. The highest BCUT2D eigenvalue weighted by atomic mass is 16.5. The number of carbonyl (C=O) groups excluding carboxylic acids is 1. The third-order valence-electron chi connectivity index (χ3n) is 6.63. The fourth-order valence-corrected chi connectivity index (χ4v) is 4.52. The summed E-state index contributed by atoms with van der Waals surface area (Å²) in [5.74, 6) is 0.459. The number of hydrogen-bond donors (Lipinski definition) is 2. The maximum absolute atomic E-state index is 12.3. The third kappa shape index (κ3) is 5.78. The van der Waals surface area contributed by atoms with Gasteiger partial charge in [-0.15, -0.1) is 0 Å². The van der Waals surface area contributed by atoms with Gasteiger partial charge in [-0.2, -0.15) is 0 Å². The van der Waals surface area contributed by atoms with Gasteiger partial charge in [0.1, 0.15) is 6.10 Å². The highest BCUT2D eigenvalue weighted by Crippen LogP contribution is 2.24. The van der Waals surface area contributed by atoms with Crippen LogP contribution >= 0.6 is 0 Å². The Morgan fingerprint density at radius 2 is 1.74 bits per heavy atom. The lowest BCUT2D eigenvalue weighted by atomic mass is 10.1. The number of ether oxygens (including phenoxy) is 1. The van der Waals surface area contributed by atoms with Crippen LogP contribution in [0.4, 0.5) is 23.0 Å².